The Labute approximate surface area is 174 Å². The van der Waals surface area contributed by atoms with Crippen molar-refractivity contribution in [2.45, 2.75) is 32.1 Å². The second-order valence-corrected chi connectivity index (χ2v) is 9.00. The third-order valence-corrected chi connectivity index (χ3v) is 6.74. The molecule has 0 spiro atoms. The van der Waals surface area contributed by atoms with Crippen LogP contribution in [0.1, 0.15) is 51.1 Å². The maximum Gasteiger partial charge on any atom is 0.355 e. The van der Waals surface area contributed by atoms with Crippen LogP contribution in [0.25, 0.3) is 10.2 Å². The summed E-state index contributed by atoms with van der Waals surface area (Å²) >= 11 is 2.93. The molecule has 0 aliphatic heterocycles. The van der Waals surface area contributed by atoms with E-state index in [0.717, 1.165) is 50.3 Å². The van der Waals surface area contributed by atoms with Gasteiger partial charge in [0.25, 0.3) is 0 Å². The highest BCUT2D eigenvalue weighted by Gasteiger charge is 2.30. The molecule has 29 heavy (non-hydrogen) atoms. The highest BCUT2D eigenvalue weighted by Crippen LogP contribution is 2.44. The van der Waals surface area contributed by atoms with Crippen LogP contribution in [0.4, 0.5) is 10.9 Å². The Kier molecular flexibility index (Phi) is 4.48. The van der Waals surface area contributed by atoms with Gasteiger partial charge in [-0.3, -0.25) is 0 Å². The zero-order valence-electron chi connectivity index (χ0n) is 15.5. The summed E-state index contributed by atoms with van der Waals surface area (Å²) in [4.78, 5) is 19.9. The van der Waals surface area contributed by atoms with E-state index in [1.165, 1.54) is 16.9 Å². The number of benzene rings is 1. The van der Waals surface area contributed by atoms with Gasteiger partial charge < -0.3 is 10.4 Å². The van der Waals surface area contributed by atoms with Crippen LogP contribution in [0.15, 0.2) is 29.6 Å². The number of anilines is 2. The van der Waals surface area contributed by atoms with E-state index in [0.29, 0.717) is 12.3 Å². The van der Waals surface area contributed by atoms with Crippen molar-refractivity contribution in [3.05, 3.63) is 57.2 Å². The summed E-state index contributed by atoms with van der Waals surface area (Å²) < 4.78 is 1.12. The van der Waals surface area contributed by atoms with Crippen LogP contribution in [0.3, 0.4) is 0 Å². The van der Waals surface area contributed by atoms with E-state index >= 15 is 0 Å². The van der Waals surface area contributed by atoms with Crippen molar-refractivity contribution in [3.63, 3.8) is 0 Å². The number of para-hydroxylation sites is 1. The predicted molar refractivity (Wildman–Crippen MR) is 114 cm³/mol. The Bertz CT molecular complexity index is 1200. The van der Waals surface area contributed by atoms with Gasteiger partial charge >= 0.3 is 5.97 Å². The van der Waals surface area contributed by atoms with Crippen LogP contribution in [-0.2, 0) is 6.42 Å². The summed E-state index contributed by atoms with van der Waals surface area (Å²) in [6.45, 7) is 2.06. The van der Waals surface area contributed by atoms with Crippen molar-refractivity contribution in [3.8, 4) is 0 Å². The van der Waals surface area contributed by atoms with Crippen LogP contribution in [0, 0.1) is 6.92 Å². The molecule has 0 atom stereocenters. The minimum atomic E-state index is -1.01. The zero-order chi connectivity index (χ0) is 20.0. The molecule has 5 rings (SSSR count). The van der Waals surface area contributed by atoms with Crippen LogP contribution in [-0.4, -0.2) is 31.2 Å². The standard InChI is InChI=1S/C20H17N5O2S2/c1-10-17(11-6-7-11)13(8-16-21-14(9-28-16)19(26)27)24-25-18(10)23-20-22-12-4-2-3-5-15(12)29-20/h2-5,9,11H,6-8H2,1H3,(H,26,27)(H,22,23,25). The fourth-order valence-electron chi connectivity index (χ4n) is 3.41. The van der Waals surface area contributed by atoms with Gasteiger partial charge in [0.05, 0.1) is 20.9 Å². The van der Waals surface area contributed by atoms with E-state index in [-0.39, 0.29) is 5.69 Å². The van der Waals surface area contributed by atoms with Gasteiger partial charge in [-0.25, -0.2) is 14.8 Å². The van der Waals surface area contributed by atoms with Gasteiger partial charge in [-0.05, 0) is 48.9 Å². The minimum Gasteiger partial charge on any atom is -0.476 e. The molecule has 0 radical (unpaired) electrons. The third kappa shape index (κ3) is 3.58. The molecule has 3 aromatic heterocycles. The quantitative estimate of drug-likeness (QED) is 0.461. The topological polar surface area (TPSA) is 101 Å². The average Bonchev–Trinajstić information content (AvgIpc) is 3.27. The zero-order valence-corrected chi connectivity index (χ0v) is 17.2. The lowest BCUT2D eigenvalue weighted by Gasteiger charge is -2.13. The van der Waals surface area contributed by atoms with Gasteiger partial charge in [-0.2, -0.15) is 5.10 Å². The van der Waals surface area contributed by atoms with E-state index in [2.05, 4.69) is 38.5 Å². The lowest BCUT2D eigenvalue weighted by atomic mass is 10.0. The van der Waals surface area contributed by atoms with Crippen molar-refractivity contribution in [1.82, 2.24) is 20.2 Å². The predicted octanol–water partition coefficient (Wildman–Crippen LogP) is 4.76. The second-order valence-electron chi connectivity index (χ2n) is 7.03. The van der Waals surface area contributed by atoms with Gasteiger partial charge in [0.1, 0.15) is 0 Å². The molecule has 1 aliphatic carbocycles. The van der Waals surface area contributed by atoms with Crippen LogP contribution in [0.2, 0.25) is 0 Å². The maximum absolute atomic E-state index is 11.1. The summed E-state index contributed by atoms with van der Waals surface area (Å²) in [5, 5.41) is 24.4. The third-order valence-electron chi connectivity index (χ3n) is 4.94. The number of thiazole rings is 2. The number of nitrogens with one attached hydrogen (secondary N) is 1. The number of hydrogen-bond donors (Lipinski definition) is 2. The van der Waals surface area contributed by atoms with Crippen LogP contribution >= 0.6 is 22.7 Å². The molecule has 1 aliphatic rings. The number of aromatic carboxylic acids is 1. The van der Waals surface area contributed by atoms with Crippen molar-refractivity contribution < 1.29 is 9.90 Å². The molecule has 7 nitrogen and oxygen atoms in total. The largest absolute Gasteiger partial charge is 0.476 e. The Morgan fingerprint density at radius 1 is 1.24 bits per heavy atom. The fourth-order valence-corrected chi connectivity index (χ4v) is 5.04. The lowest BCUT2D eigenvalue weighted by molar-refractivity contribution is 0.0691. The first-order chi connectivity index (χ1) is 14.1. The molecule has 0 amide bonds. The van der Waals surface area contributed by atoms with E-state index < -0.39 is 5.97 Å². The van der Waals surface area contributed by atoms with Gasteiger partial charge in [-0.1, -0.05) is 23.5 Å². The monoisotopic (exact) mass is 423 g/mol. The number of nitrogens with zero attached hydrogens (tertiary/aromatic N) is 4. The van der Waals surface area contributed by atoms with E-state index in [4.69, 9.17) is 5.11 Å². The number of carboxylic acids is 1. The molecule has 9 heteroatoms. The Morgan fingerprint density at radius 2 is 2.07 bits per heavy atom. The molecule has 2 N–H and O–H groups in total. The summed E-state index contributed by atoms with van der Waals surface area (Å²) in [6.07, 6.45) is 2.77. The molecular weight excluding hydrogens is 406 g/mol. The SMILES string of the molecule is Cc1c(Nc2nc3ccccc3s2)nnc(Cc2nc(C(=O)O)cs2)c1C1CC1. The smallest absolute Gasteiger partial charge is 0.355 e. The summed E-state index contributed by atoms with van der Waals surface area (Å²) in [5.74, 6) is 0.197. The Morgan fingerprint density at radius 3 is 2.79 bits per heavy atom. The van der Waals surface area contributed by atoms with Gasteiger partial charge in [0, 0.05) is 11.8 Å². The average molecular weight is 424 g/mol. The van der Waals surface area contributed by atoms with Gasteiger partial charge in [0.2, 0.25) is 0 Å². The van der Waals surface area contributed by atoms with Crippen molar-refractivity contribution >= 4 is 49.8 Å². The number of aromatic nitrogens is 4. The Hall–Kier alpha value is -2.91. The summed E-state index contributed by atoms with van der Waals surface area (Å²) in [5.41, 5.74) is 4.20. The first-order valence-electron chi connectivity index (χ1n) is 9.25. The van der Waals surface area contributed by atoms with Crippen molar-refractivity contribution in [1.29, 1.82) is 0 Å². The number of fused-ring (bicyclic) bond motifs is 1. The molecule has 1 fully saturated rings. The van der Waals surface area contributed by atoms with E-state index in [1.54, 1.807) is 16.7 Å². The molecule has 3 heterocycles. The molecular formula is C20H17N5O2S2. The van der Waals surface area contributed by atoms with Gasteiger partial charge in [-0.15, -0.1) is 16.4 Å². The fraction of sp³-hybridized carbons (Fsp3) is 0.250. The molecule has 146 valence electrons. The van der Waals surface area contributed by atoms with Crippen molar-refractivity contribution in [2.75, 3.05) is 5.32 Å². The van der Waals surface area contributed by atoms with Crippen molar-refractivity contribution in [2.24, 2.45) is 0 Å². The molecule has 1 saturated carbocycles. The summed E-state index contributed by atoms with van der Waals surface area (Å²) in [6, 6.07) is 8.03. The maximum atomic E-state index is 11.1. The normalized spacial score (nSPS) is 13.7. The molecule has 0 unspecified atom stereocenters. The van der Waals surface area contributed by atoms with Crippen LogP contribution in [0.5, 0.6) is 0 Å². The first-order valence-corrected chi connectivity index (χ1v) is 10.9. The number of hydrogen-bond acceptors (Lipinski definition) is 8. The number of rotatable bonds is 6. The highest BCUT2D eigenvalue weighted by molar-refractivity contribution is 7.22. The van der Waals surface area contributed by atoms with E-state index in [1.807, 2.05) is 18.2 Å². The molecule has 1 aromatic carbocycles. The van der Waals surface area contributed by atoms with E-state index in [9.17, 15) is 4.79 Å². The molecule has 4 aromatic rings. The Balaban J connectivity index is 1.46. The lowest BCUT2D eigenvalue weighted by Crippen LogP contribution is -2.08. The van der Waals surface area contributed by atoms with Crippen LogP contribution < -0.4 is 5.32 Å². The first kappa shape index (κ1) is 18.1. The minimum absolute atomic E-state index is 0.0803. The molecule has 0 saturated heterocycles. The number of carbonyl (C=O) groups is 1. The van der Waals surface area contributed by atoms with Gasteiger partial charge in [0.15, 0.2) is 16.6 Å². The second kappa shape index (κ2) is 7.16. The highest BCUT2D eigenvalue weighted by atomic mass is 32.1. The number of carboxylic acid groups (broad SMARTS) is 1. The summed E-state index contributed by atoms with van der Waals surface area (Å²) in [7, 11) is 0. The molecule has 0 bridgehead atoms.